The molecule has 1 unspecified atom stereocenters. The Hall–Kier alpha value is -2.96. The van der Waals surface area contributed by atoms with E-state index in [-0.39, 0.29) is 17.9 Å². The first-order valence-electron chi connectivity index (χ1n) is 12.1. The summed E-state index contributed by atoms with van der Waals surface area (Å²) >= 11 is 0. The van der Waals surface area contributed by atoms with Crippen molar-refractivity contribution in [2.24, 2.45) is 5.92 Å². The van der Waals surface area contributed by atoms with E-state index < -0.39 is 0 Å². The van der Waals surface area contributed by atoms with Crippen molar-refractivity contribution < 1.29 is 14.3 Å². The van der Waals surface area contributed by atoms with E-state index in [1.807, 2.05) is 41.0 Å². The van der Waals surface area contributed by atoms with Gasteiger partial charge in [-0.05, 0) is 69.1 Å². The van der Waals surface area contributed by atoms with Gasteiger partial charge in [0, 0.05) is 30.8 Å². The van der Waals surface area contributed by atoms with Crippen LogP contribution in [0.3, 0.4) is 0 Å². The highest BCUT2D eigenvalue weighted by Crippen LogP contribution is 2.38. The van der Waals surface area contributed by atoms with Crippen LogP contribution in [0.4, 0.5) is 5.82 Å². The molecule has 1 atom stereocenters. The molecule has 3 aliphatic rings. The largest absolute Gasteiger partial charge is 0.497 e. The molecule has 5 rings (SSSR count). The van der Waals surface area contributed by atoms with Crippen LogP contribution in [-0.4, -0.2) is 46.9 Å². The van der Waals surface area contributed by atoms with Crippen LogP contribution in [0.25, 0.3) is 0 Å². The predicted octanol–water partition coefficient (Wildman–Crippen LogP) is 3.78. The van der Waals surface area contributed by atoms with Gasteiger partial charge in [0.25, 0.3) is 0 Å². The normalized spacial score (nSPS) is 20.2. The summed E-state index contributed by atoms with van der Waals surface area (Å²) in [6, 6.07) is 7.76. The Kier molecular flexibility index (Phi) is 6.04. The van der Waals surface area contributed by atoms with Gasteiger partial charge in [-0.25, -0.2) is 9.97 Å². The van der Waals surface area contributed by atoms with E-state index >= 15 is 0 Å². The van der Waals surface area contributed by atoms with Gasteiger partial charge in [0.15, 0.2) is 5.82 Å². The number of anilines is 1. The van der Waals surface area contributed by atoms with Crippen molar-refractivity contribution in [2.45, 2.75) is 64.3 Å². The van der Waals surface area contributed by atoms with Crippen LogP contribution in [0.2, 0.25) is 0 Å². The minimum absolute atomic E-state index is 0.121. The molecule has 33 heavy (non-hydrogen) atoms. The van der Waals surface area contributed by atoms with Crippen LogP contribution in [0.15, 0.2) is 24.3 Å². The molecule has 0 N–H and O–H groups in total. The molecule has 1 aromatic heterocycles. The summed E-state index contributed by atoms with van der Waals surface area (Å²) in [5.74, 6) is 3.17. The van der Waals surface area contributed by atoms with E-state index in [1.54, 1.807) is 7.11 Å². The van der Waals surface area contributed by atoms with Gasteiger partial charge < -0.3 is 9.64 Å². The lowest BCUT2D eigenvalue weighted by atomic mass is 9.99. The Morgan fingerprint density at radius 3 is 2.64 bits per heavy atom. The molecule has 7 heteroatoms. The second kappa shape index (κ2) is 9.12. The van der Waals surface area contributed by atoms with Gasteiger partial charge in [-0.2, -0.15) is 0 Å². The van der Waals surface area contributed by atoms with Gasteiger partial charge in [-0.15, -0.1) is 0 Å². The zero-order valence-electron chi connectivity index (χ0n) is 19.5. The van der Waals surface area contributed by atoms with E-state index in [9.17, 15) is 9.59 Å². The number of amides is 2. The lowest BCUT2D eigenvalue weighted by Gasteiger charge is -2.35. The van der Waals surface area contributed by atoms with Crippen LogP contribution in [0, 0.1) is 12.8 Å². The Balaban J connectivity index is 1.34. The number of piperidine rings is 1. The SMILES string of the molecule is COc1ccc(CCC(=O)N2CCCCC2c2nc(C)c3c(n2)N(CC2CC2)C(=O)C3)cc1. The average molecular weight is 449 g/mol. The number of methoxy groups -OCH3 is 1. The van der Waals surface area contributed by atoms with Crippen molar-refractivity contribution in [1.82, 2.24) is 14.9 Å². The fraction of sp³-hybridized carbons (Fsp3) is 0.538. The Labute approximate surface area is 195 Å². The van der Waals surface area contributed by atoms with E-state index in [4.69, 9.17) is 14.7 Å². The second-order valence-corrected chi connectivity index (χ2v) is 9.54. The minimum Gasteiger partial charge on any atom is -0.497 e. The fourth-order valence-electron chi connectivity index (χ4n) is 4.98. The molecule has 1 saturated carbocycles. The van der Waals surface area contributed by atoms with Crippen molar-refractivity contribution in [2.75, 3.05) is 25.1 Å². The standard InChI is InChI=1S/C26H32N4O3/c1-17-21-15-24(32)30(16-19-6-7-19)26(21)28-25(27-17)22-5-3-4-14-29(22)23(31)13-10-18-8-11-20(33-2)12-9-18/h8-9,11-12,19,22H,3-7,10,13-16H2,1-2H3. The number of hydrogen-bond donors (Lipinski definition) is 0. The number of ether oxygens (including phenoxy) is 1. The first-order chi connectivity index (χ1) is 16.0. The number of hydrogen-bond acceptors (Lipinski definition) is 5. The maximum absolute atomic E-state index is 13.2. The van der Waals surface area contributed by atoms with E-state index in [0.29, 0.717) is 31.0 Å². The van der Waals surface area contributed by atoms with Gasteiger partial charge >= 0.3 is 0 Å². The highest BCUT2D eigenvalue weighted by molar-refractivity contribution is 6.00. The van der Waals surface area contributed by atoms with Crippen LogP contribution in [-0.2, 0) is 22.4 Å². The molecular formula is C26H32N4O3. The monoisotopic (exact) mass is 448 g/mol. The van der Waals surface area contributed by atoms with E-state index in [0.717, 1.165) is 60.7 Å². The number of rotatable bonds is 7. The van der Waals surface area contributed by atoms with E-state index in [2.05, 4.69) is 0 Å². The third-order valence-electron chi connectivity index (χ3n) is 7.14. The van der Waals surface area contributed by atoms with Gasteiger partial charge in [-0.3, -0.25) is 14.5 Å². The lowest BCUT2D eigenvalue weighted by molar-refractivity contribution is -0.135. The molecule has 2 aliphatic heterocycles. The van der Waals surface area contributed by atoms with E-state index in [1.165, 1.54) is 12.8 Å². The molecule has 7 nitrogen and oxygen atoms in total. The topological polar surface area (TPSA) is 75.6 Å². The summed E-state index contributed by atoms with van der Waals surface area (Å²) in [6.45, 7) is 3.46. The maximum atomic E-state index is 13.2. The summed E-state index contributed by atoms with van der Waals surface area (Å²) in [7, 11) is 1.65. The number of aryl methyl sites for hydroxylation is 2. The molecule has 2 amide bonds. The molecule has 0 spiro atoms. The molecular weight excluding hydrogens is 416 g/mol. The molecule has 0 radical (unpaired) electrons. The number of carbonyl (C=O) groups excluding carboxylic acids is 2. The number of aromatic nitrogens is 2. The molecule has 1 aliphatic carbocycles. The van der Waals surface area contributed by atoms with Crippen LogP contribution < -0.4 is 9.64 Å². The zero-order chi connectivity index (χ0) is 22.9. The molecule has 174 valence electrons. The fourth-order valence-corrected chi connectivity index (χ4v) is 4.98. The molecule has 2 aromatic rings. The Morgan fingerprint density at radius 2 is 1.91 bits per heavy atom. The second-order valence-electron chi connectivity index (χ2n) is 9.54. The number of carbonyl (C=O) groups is 2. The van der Waals surface area contributed by atoms with Crippen molar-refractivity contribution >= 4 is 17.6 Å². The third kappa shape index (κ3) is 4.59. The molecule has 1 saturated heterocycles. The van der Waals surface area contributed by atoms with Gasteiger partial charge in [0.2, 0.25) is 11.8 Å². The summed E-state index contributed by atoms with van der Waals surface area (Å²) in [6.07, 6.45) is 6.84. The molecule has 3 heterocycles. The predicted molar refractivity (Wildman–Crippen MR) is 125 cm³/mol. The quantitative estimate of drug-likeness (QED) is 0.644. The van der Waals surface area contributed by atoms with Crippen LogP contribution in [0.5, 0.6) is 5.75 Å². The first kappa shape index (κ1) is 21.9. The van der Waals surface area contributed by atoms with Gasteiger partial charge in [0.1, 0.15) is 11.6 Å². The zero-order valence-corrected chi connectivity index (χ0v) is 19.5. The van der Waals surface area contributed by atoms with Crippen molar-refractivity contribution in [3.05, 3.63) is 46.9 Å². The summed E-state index contributed by atoms with van der Waals surface area (Å²) in [4.78, 5) is 39.4. The number of nitrogens with zero attached hydrogens (tertiary/aromatic N) is 4. The van der Waals surface area contributed by atoms with Gasteiger partial charge in [-0.1, -0.05) is 12.1 Å². The number of likely N-dealkylation sites (tertiary alicyclic amines) is 1. The maximum Gasteiger partial charge on any atom is 0.232 e. The highest BCUT2D eigenvalue weighted by atomic mass is 16.5. The summed E-state index contributed by atoms with van der Waals surface area (Å²) < 4.78 is 5.22. The van der Waals surface area contributed by atoms with Crippen molar-refractivity contribution in [3.8, 4) is 5.75 Å². The minimum atomic E-state index is -0.121. The summed E-state index contributed by atoms with van der Waals surface area (Å²) in [5, 5.41) is 0. The Bertz CT molecular complexity index is 1050. The smallest absolute Gasteiger partial charge is 0.232 e. The highest BCUT2D eigenvalue weighted by Gasteiger charge is 2.37. The van der Waals surface area contributed by atoms with Crippen molar-refractivity contribution in [3.63, 3.8) is 0 Å². The first-order valence-corrected chi connectivity index (χ1v) is 12.1. The third-order valence-corrected chi connectivity index (χ3v) is 7.14. The average Bonchev–Trinajstić information content (AvgIpc) is 3.61. The number of fused-ring (bicyclic) bond motifs is 1. The summed E-state index contributed by atoms with van der Waals surface area (Å²) in [5.41, 5.74) is 2.95. The van der Waals surface area contributed by atoms with Gasteiger partial charge in [0.05, 0.1) is 19.6 Å². The number of benzene rings is 1. The molecule has 2 fully saturated rings. The van der Waals surface area contributed by atoms with Crippen LogP contribution >= 0.6 is 0 Å². The van der Waals surface area contributed by atoms with Crippen molar-refractivity contribution in [1.29, 1.82) is 0 Å². The molecule has 1 aromatic carbocycles. The van der Waals surface area contributed by atoms with Crippen LogP contribution in [0.1, 0.15) is 67.2 Å². The Morgan fingerprint density at radius 1 is 1.12 bits per heavy atom. The molecule has 0 bridgehead atoms. The lowest BCUT2D eigenvalue weighted by Crippen LogP contribution is -2.39.